The van der Waals surface area contributed by atoms with Gasteiger partial charge < -0.3 is 4.74 Å². The minimum Gasteiger partial charge on any atom is -0.481 e. The van der Waals surface area contributed by atoms with Crippen LogP contribution in [0.15, 0.2) is 18.2 Å². The molecule has 1 atom stereocenters. The van der Waals surface area contributed by atoms with Gasteiger partial charge in [-0.1, -0.05) is 18.5 Å². The van der Waals surface area contributed by atoms with Gasteiger partial charge in [0.15, 0.2) is 6.10 Å². The van der Waals surface area contributed by atoms with E-state index in [9.17, 15) is 4.79 Å². The standard InChI is InChI=1S/C15H20ClNO3/c1-3-11-9-12(16)7-8-14(11)19-10(2)15(18)17-20-13-5-4-6-13/h7-10,13H,3-6H2,1-2H3,(H,17,18)/t10-/m0/s1. The number of nitrogens with one attached hydrogen (secondary N) is 1. The molecule has 0 radical (unpaired) electrons. The Morgan fingerprint density at radius 3 is 2.85 bits per heavy atom. The first-order valence-electron chi connectivity index (χ1n) is 7.00. The number of amides is 1. The zero-order valence-corrected chi connectivity index (χ0v) is 12.6. The van der Waals surface area contributed by atoms with Gasteiger partial charge in [-0.25, -0.2) is 5.48 Å². The first-order valence-corrected chi connectivity index (χ1v) is 7.38. The highest BCUT2D eigenvalue weighted by Crippen LogP contribution is 2.24. The number of hydrogen-bond donors (Lipinski definition) is 1. The quantitative estimate of drug-likeness (QED) is 0.820. The van der Waals surface area contributed by atoms with Crippen LogP contribution in [0.1, 0.15) is 38.7 Å². The fourth-order valence-electron chi connectivity index (χ4n) is 1.90. The number of ether oxygens (including phenoxy) is 1. The Bertz CT molecular complexity index is 474. The van der Waals surface area contributed by atoms with Crippen LogP contribution in [0.3, 0.4) is 0 Å². The molecule has 0 heterocycles. The maximum atomic E-state index is 11.9. The molecule has 1 saturated carbocycles. The van der Waals surface area contributed by atoms with Gasteiger partial charge in [-0.15, -0.1) is 0 Å². The Morgan fingerprint density at radius 1 is 1.50 bits per heavy atom. The first kappa shape index (κ1) is 15.1. The largest absolute Gasteiger partial charge is 0.481 e. The van der Waals surface area contributed by atoms with Gasteiger partial charge in [0.25, 0.3) is 5.91 Å². The van der Waals surface area contributed by atoms with Crippen molar-refractivity contribution in [1.29, 1.82) is 0 Å². The molecule has 0 unspecified atom stereocenters. The molecule has 5 heteroatoms. The van der Waals surface area contributed by atoms with Crippen molar-refractivity contribution in [2.24, 2.45) is 0 Å². The third kappa shape index (κ3) is 3.87. The molecule has 0 bridgehead atoms. The third-order valence-electron chi connectivity index (χ3n) is 3.45. The molecule has 2 rings (SSSR count). The normalized spacial score (nSPS) is 16.4. The van der Waals surface area contributed by atoms with Crippen LogP contribution >= 0.6 is 11.6 Å². The average molecular weight is 298 g/mol. The van der Waals surface area contributed by atoms with E-state index in [1.165, 1.54) is 0 Å². The number of rotatable bonds is 6. The van der Waals surface area contributed by atoms with Crippen molar-refractivity contribution in [3.63, 3.8) is 0 Å². The van der Waals surface area contributed by atoms with E-state index in [0.717, 1.165) is 31.2 Å². The summed E-state index contributed by atoms with van der Waals surface area (Å²) in [6, 6.07) is 5.40. The number of benzene rings is 1. The van der Waals surface area contributed by atoms with Crippen molar-refractivity contribution in [3.8, 4) is 5.75 Å². The van der Waals surface area contributed by atoms with Gasteiger partial charge in [0.05, 0.1) is 6.10 Å². The van der Waals surface area contributed by atoms with E-state index in [2.05, 4.69) is 5.48 Å². The lowest BCUT2D eigenvalue weighted by atomic mass is 9.97. The molecule has 0 saturated heterocycles. The fraction of sp³-hybridized carbons (Fsp3) is 0.533. The van der Waals surface area contributed by atoms with Gasteiger partial charge in [0.1, 0.15) is 5.75 Å². The maximum absolute atomic E-state index is 11.9. The highest BCUT2D eigenvalue weighted by atomic mass is 35.5. The molecule has 4 nitrogen and oxygen atoms in total. The SMILES string of the molecule is CCc1cc(Cl)ccc1O[C@@H](C)C(=O)NOC1CCC1. The molecule has 0 aromatic heterocycles. The highest BCUT2D eigenvalue weighted by molar-refractivity contribution is 6.30. The smallest absolute Gasteiger partial charge is 0.284 e. The Balaban J connectivity index is 1.89. The van der Waals surface area contributed by atoms with Crippen molar-refractivity contribution in [3.05, 3.63) is 28.8 Å². The summed E-state index contributed by atoms with van der Waals surface area (Å²) in [4.78, 5) is 17.1. The van der Waals surface area contributed by atoms with E-state index in [4.69, 9.17) is 21.2 Å². The summed E-state index contributed by atoms with van der Waals surface area (Å²) < 4.78 is 5.69. The lowest BCUT2D eigenvalue weighted by Gasteiger charge is -2.25. The Hall–Kier alpha value is -1.26. The molecule has 0 spiro atoms. The summed E-state index contributed by atoms with van der Waals surface area (Å²) in [5.74, 6) is 0.414. The zero-order valence-electron chi connectivity index (χ0n) is 11.8. The zero-order chi connectivity index (χ0) is 14.5. The van der Waals surface area contributed by atoms with Crippen molar-refractivity contribution in [1.82, 2.24) is 5.48 Å². The van der Waals surface area contributed by atoms with Crippen LogP contribution in [0.2, 0.25) is 5.02 Å². The second kappa shape index (κ2) is 6.95. The third-order valence-corrected chi connectivity index (χ3v) is 3.69. The summed E-state index contributed by atoms with van der Waals surface area (Å²) in [6.45, 7) is 3.72. The molecule has 1 amide bonds. The number of hydroxylamine groups is 1. The van der Waals surface area contributed by atoms with Crippen LogP contribution in [0.4, 0.5) is 0 Å². The van der Waals surface area contributed by atoms with Crippen LogP contribution < -0.4 is 10.2 Å². The van der Waals surface area contributed by atoms with Crippen molar-refractivity contribution < 1.29 is 14.4 Å². The second-order valence-electron chi connectivity index (χ2n) is 5.00. The van der Waals surface area contributed by atoms with Crippen LogP contribution in [-0.2, 0) is 16.1 Å². The molecule has 110 valence electrons. The van der Waals surface area contributed by atoms with E-state index in [-0.39, 0.29) is 12.0 Å². The Labute approximate surface area is 124 Å². The minimum atomic E-state index is -0.610. The predicted molar refractivity (Wildman–Crippen MR) is 77.8 cm³/mol. The van der Waals surface area contributed by atoms with Crippen molar-refractivity contribution in [2.45, 2.75) is 51.7 Å². The Kier molecular flexibility index (Phi) is 5.26. The number of hydrogen-bond acceptors (Lipinski definition) is 3. The monoisotopic (exact) mass is 297 g/mol. The van der Waals surface area contributed by atoms with Gasteiger partial charge in [-0.05, 0) is 56.4 Å². The van der Waals surface area contributed by atoms with E-state index in [1.807, 2.05) is 13.0 Å². The molecule has 1 aromatic rings. The molecule has 1 fully saturated rings. The summed E-state index contributed by atoms with van der Waals surface area (Å²) in [5.41, 5.74) is 3.45. The number of aryl methyl sites for hydroxylation is 1. The van der Waals surface area contributed by atoms with Gasteiger partial charge in [0, 0.05) is 5.02 Å². The van der Waals surface area contributed by atoms with Crippen LogP contribution in [-0.4, -0.2) is 18.1 Å². The van der Waals surface area contributed by atoms with Crippen molar-refractivity contribution in [2.75, 3.05) is 0 Å². The lowest BCUT2D eigenvalue weighted by molar-refractivity contribution is -0.149. The van der Waals surface area contributed by atoms with Gasteiger partial charge in [0.2, 0.25) is 0 Å². The highest BCUT2D eigenvalue weighted by Gasteiger charge is 2.22. The predicted octanol–water partition coefficient (Wildman–Crippen LogP) is 3.27. The van der Waals surface area contributed by atoms with Gasteiger partial charge in [-0.2, -0.15) is 0 Å². The van der Waals surface area contributed by atoms with Crippen molar-refractivity contribution >= 4 is 17.5 Å². The number of carbonyl (C=O) groups is 1. The fourth-order valence-corrected chi connectivity index (χ4v) is 2.09. The van der Waals surface area contributed by atoms with E-state index in [0.29, 0.717) is 10.8 Å². The molecular weight excluding hydrogens is 278 g/mol. The number of halogens is 1. The molecular formula is C15H20ClNO3. The first-order chi connectivity index (χ1) is 9.60. The molecule has 1 aliphatic carbocycles. The molecule has 1 aromatic carbocycles. The van der Waals surface area contributed by atoms with E-state index in [1.54, 1.807) is 19.1 Å². The minimum absolute atomic E-state index is 0.160. The summed E-state index contributed by atoms with van der Waals surface area (Å²) >= 11 is 5.95. The summed E-state index contributed by atoms with van der Waals surface area (Å²) in [5, 5.41) is 0.666. The Morgan fingerprint density at radius 2 is 2.25 bits per heavy atom. The van der Waals surface area contributed by atoms with E-state index >= 15 is 0 Å². The van der Waals surface area contributed by atoms with Gasteiger partial charge in [-0.3, -0.25) is 9.63 Å². The summed E-state index contributed by atoms with van der Waals surface area (Å²) in [6.07, 6.45) is 3.52. The molecule has 20 heavy (non-hydrogen) atoms. The molecule has 1 aliphatic rings. The second-order valence-corrected chi connectivity index (χ2v) is 5.44. The van der Waals surface area contributed by atoms with Crippen LogP contribution in [0.5, 0.6) is 5.75 Å². The lowest BCUT2D eigenvalue weighted by Crippen LogP contribution is -2.40. The maximum Gasteiger partial charge on any atom is 0.284 e. The average Bonchev–Trinajstić information content (AvgIpc) is 2.38. The van der Waals surface area contributed by atoms with Gasteiger partial charge >= 0.3 is 0 Å². The molecule has 0 aliphatic heterocycles. The topological polar surface area (TPSA) is 47.6 Å². The van der Waals surface area contributed by atoms with E-state index < -0.39 is 6.10 Å². The molecule has 1 N–H and O–H groups in total. The summed E-state index contributed by atoms with van der Waals surface area (Å²) in [7, 11) is 0. The van der Waals surface area contributed by atoms with Crippen LogP contribution in [0.25, 0.3) is 0 Å². The van der Waals surface area contributed by atoms with Crippen LogP contribution in [0, 0.1) is 0 Å². The number of carbonyl (C=O) groups excluding carboxylic acids is 1.